The Balaban J connectivity index is 2.60. The minimum atomic E-state index is -3.08. The first kappa shape index (κ1) is 17.9. The molecule has 0 bridgehead atoms. The first-order chi connectivity index (χ1) is 9.72. The molecule has 0 saturated carbocycles. The van der Waals surface area contributed by atoms with Crippen molar-refractivity contribution in [3.63, 3.8) is 0 Å². The summed E-state index contributed by atoms with van der Waals surface area (Å²) in [5, 5.41) is 9.65. The van der Waals surface area contributed by atoms with Crippen molar-refractivity contribution in [3.8, 4) is 5.75 Å². The fourth-order valence-electron chi connectivity index (χ4n) is 1.59. The number of ether oxygens (including phenoxy) is 1. The Morgan fingerprint density at radius 3 is 2.14 bits per heavy atom. The summed E-state index contributed by atoms with van der Waals surface area (Å²) in [5.74, 6) is 0.165. The molecule has 0 aliphatic heterocycles. The second kappa shape index (κ2) is 7.18. The molecule has 1 aromatic rings. The van der Waals surface area contributed by atoms with Crippen LogP contribution >= 0.6 is 7.60 Å². The van der Waals surface area contributed by atoms with Crippen LogP contribution in [0.2, 0.25) is 0 Å². The summed E-state index contributed by atoms with van der Waals surface area (Å²) in [6.45, 7) is 3.04. The van der Waals surface area contributed by atoms with E-state index in [1.54, 1.807) is 24.3 Å². The van der Waals surface area contributed by atoms with Crippen LogP contribution in [0.3, 0.4) is 0 Å². The highest BCUT2D eigenvalue weighted by atomic mass is 31.2. The molecule has 0 heterocycles. The van der Waals surface area contributed by atoms with Gasteiger partial charge in [-0.25, -0.2) is 0 Å². The summed E-state index contributed by atoms with van der Waals surface area (Å²) in [4.78, 5) is 11.8. The van der Waals surface area contributed by atoms with E-state index in [0.29, 0.717) is 11.3 Å². The summed E-state index contributed by atoms with van der Waals surface area (Å²) in [5.41, 5.74) is -1.01. The average Bonchev–Trinajstić information content (AvgIpc) is 2.46. The molecule has 0 spiro atoms. The van der Waals surface area contributed by atoms with E-state index >= 15 is 0 Å². The van der Waals surface area contributed by atoms with Crippen molar-refractivity contribution >= 4 is 13.4 Å². The number of Topliss-reactive ketones (excluding diaryl/α,β-unsaturated/α-hetero) is 1. The molecule has 1 N–H and O–H groups in total. The van der Waals surface area contributed by atoms with Gasteiger partial charge in [0.05, 0.1) is 12.8 Å². The zero-order chi connectivity index (χ0) is 16.1. The molecular weight excluding hydrogens is 295 g/mol. The lowest BCUT2D eigenvalue weighted by molar-refractivity contribution is 0.0488. The molecule has 0 aliphatic rings. The van der Waals surface area contributed by atoms with Crippen molar-refractivity contribution in [2.75, 3.05) is 27.0 Å². The number of hydrogen-bond donors (Lipinski definition) is 1. The van der Waals surface area contributed by atoms with Gasteiger partial charge in [-0.1, -0.05) is 0 Å². The monoisotopic (exact) mass is 316 g/mol. The summed E-state index contributed by atoms with van der Waals surface area (Å²) < 4.78 is 26.8. The maximum absolute atomic E-state index is 11.8. The molecule has 118 valence electrons. The highest BCUT2D eigenvalue weighted by Gasteiger charge is 2.25. The van der Waals surface area contributed by atoms with Gasteiger partial charge in [0.25, 0.3) is 0 Å². The number of aliphatic hydroxyl groups is 1. The fourth-order valence-corrected chi connectivity index (χ4v) is 2.42. The van der Waals surface area contributed by atoms with E-state index in [0.717, 1.165) is 0 Å². The number of ketones is 1. The molecule has 6 nitrogen and oxygen atoms in total. The van der Waals surface area contributed by atoms with Gasteiger partial charge in [0.15, 0.2) is 5.78 Å². The van der Waals surface area contributed by atoms with Gasteiger partial charge in [0.2, 0.25) is 0 Å². The number of carbonyl (C=O) groups excluding carboxylic acids is 1. The minimum Gasteiger partial charge on any atom is -0.493 e. The van der Waals surface area contributed by atoms with Crippen molar-refractivity contribution in [1.82, 2.24) is 0 Å². The summed E-state index contributed by atoms with van der Waals surface area (Å²) in [7, 11) is -0.436. The van der Waals surface area contributed by atoms with E-state index in [1.807, 2.05) is 0 Å². The molecule has 0 fully saturated rings. The van der Waals surface area contributed by atoms with Crippen molar-refractivity contribution in [2.45, 2.75) is 19.4 Å². The lowest BCUT2D eigenvalue weighted by Crippen LogP contribution is -2.30. The van der Waals surface area contributed by atoms with Crippen LogP contribution in [-0.2, 0) is 13.6 Å². The van der Waals surface area contributed by atoms with E-state index in [2.05, 4.69) is 0 Å². The van der Waals surface area contributed by atoms with Crippen LogP contribution in [0, 0.1) is 0 Å². The van der Waals surface area contributed by atoms with E-state index in [1.165, 1.54) is 28.1 Å². The molecular formula is C14H21O6P. The summed E-state index contributed by atoms with van der Waals surface area (Å²) >= 11 is 0. The first-order valence-corrected chi connectivity index (χ1v) is 8.15. The molecule has 1 aromatic carbocycles. The first-order valence-electron chi connectivity index (χ1n) is 6.42. The Morgan fingerprint density at radius 1 is 1.19 bits per heavy atom. The number of benzene rings is 1. The topological polar surface area (TPSA) is 82.1 Å². The van der Waals surface area contributed by atoms with Crippen LogP contribution in [0.1, 0.15) is 24.2 Å². The largest absolute Gasteiger partial charge is 0.493 e. The van der Waals surface area contributed by atoms with Gasteiger partial charge >= 0.3 is 7.60 Å². The molecule has 0 radical (unpaired) electrons. The maximum Gasteiger partial charge on any atom is 0.333 e. The van der Waals surface area contributed by atoms with Gasteiger partial charge in [-0.05, 0) is 38.1 Å². The van der Waals surface area contributed by atoms with Gasteiger partial charge in [-0.15, -0.1) is 0 Å². The Bertz CT molecular complexity index is 509. The molecule has 0 aromatic heterocycles. The Hall–Kier alpha value is -1.20. The van der Waals surface area contributed by atoms with Crippen LogP contribution < -0.4 is 4.74 Å². The van der Waals surface area contributed by atoms with Crippen LogP contribution in [0.5, 0.6) is 5.75 Å². The standard InChI is InChI=1S/C14H21O6P/c1-14(2,16)13(15)11-5-7-12(8-6-11)20-9-10-21(17,18-3)19-4/h5-8,16H,9-10H2,1-4H3. The predicted octanol–water partition coefficient (Wildman–Crippen LogP) is 2.50. The van der Waals surface area contributed by atoms with E-state index in [4.69, 9.17) is 13.8 Å². The van der Waals surface area contributed by atoms with Crippen molar-refractivity contribution in [3.05, 3.63) is 29.8 Å². The summed E-state index contributed by atoms with van der Waals surface area (Å²) in [6.07, 6.45) is 0.129. The number of carbonyl (C=O) groups is 1. The highest BCUT2D eigenvalue weighted by molar-refractivity contribution is 7.53. The van der Waals surface area contributed by atoms with E-state index < -0.39 is 13.2 Å². The van der Waals surface area contributed by atoms with Gasteiger partial charge in [0.1, 0.15) is 11.4 Å². The smallest absolute Gasteiger partial charge is 0.333 e. The van der Waals surface area contributed by atoms with E-state index in [9.17, 15) is 14.5 Å². The van der Waals surface area contributed by atoms with Gasteiger partial charge in [-0.3, -0.25) is 9.36 Å². The molecule has 1 rings (SSSR count). The van der Waals surface area contributed by atoms with Gasteiger partial charge in [0, 0.05) is 19.8 Å². The zero-order valence-electron chi connectivity index (χ0n) is 12.7. The van der Waals surface area contributed by atoms with Crippen LogP contribution in [0.25, 0.3) is 0 Å². The van der Waals surface area contributed by atoms with Crippen LogP contribution in [0.15, 0.2) is 24.3 Å². The van der Waals surface area contributed by atoms with Crippen molar-refractivity contribution < 1.29 is 28.3 Å². The minimum absolute atomic E-state index is 0.129. The van der Waals surface area contributed by atoms with Crippen LogP contribution in [0.4, 0.5) is 0 Å². The maximum atomic E-state index is 11.8. The lowest BCUT2D eigenvalue weighted by Gasteiger charge is -2.16. The van der Waals surface area contributed by atoms with Crippen molar-refractivity contribution in [2.24, 2.45) is 0 Å². The molecule has 0 unspecified atom stereocenters. The van der Waals surface area contributed by atoms with Crippen LogP contribution in [-0.4, -0.2) is 43.5 Å². The summed E-state index contributed by atoms with van der Waals surface area (Å²) in [6, 6.07) is 6.37. The van der Waals surface area contributed by atoms with Gasteiger partial charge < -0.3 is 18.9 Å². The van der Waals surface area contributed by atoms with Gasteiger partial charge in [-0.2, -0.15) is 0 Å². The third-order valence-corrected chi connectivity index (χ3v) is 4.71. The molecule has 0 amide bonds. The second-order valence-electron chi connectivity index (χ2n) is 4.96. The second-order valence-corrected chi connectivity index (χ2v) is 7.36. The SMILES string of the molecule is COP(=O)(CCOc1ccc(C(=O)C(C)(C)O)cc1)OC. The zero-order valence-corrected chi connectivity index (χ0v) is 13.6. The molecule has 21 heavy (non-hydrogen) atoms. The predicted molar refractivity (Wildman–Crippen MR) is 79.1 cm³/mol. The Morgan fingerprint density at radius 2 is 1.71 bits per heavy atom. The van der Waals surface area contributed by atoms with E-state index in [-0.39, 0.29) is 18.6 Å². The Labute approximate surface area is 124 Å². The molecule has 7 heteroatoms. The molecule has 0 aliphatic carbocycles. The third-order valence-electron chi connectivity index (χ3n) is 2.86. The highest BCUT2D eigenvalue weighted by Crippen LogP contribution is 2.45. The average molecular weight is 316 g/mol. The molecule has 0 atom stereocenters. The number of rotatable bonds is 8. The quantitative estimate of drug-likeness (QED) is 0.586. The lowest BCUT2D eigenvalue weighted by atomic mass is 9.97. The third kappa shape index (κ3) is 5.25. The molecule has 0 saturated heterocycles. The normalized spacial score (nSPS) is 12.2. The number of hydrogen-bond acceptors (Lipinski definition) is 6. The Kier molecular flexibility index (Phi) is 6.10. The van der Waals surface area contributed by atoms with Crippen molar-refractivity contribution in [1.29, 1.82) is 0 Å². The fraction of sp³-hybridized carbons (Fsp3) is 0.500.